The van der Waals surface area contributed by atoms with E-state index in [9.17, 15) is 19.5 Å². The first-order valence-corrected chi connectivity index (χ1v) is 11.0. The Morgan fingerprint density at radius 2 is 1.41 bits per heavy atom. The van der Waals surface area contributed by atoms with Crippen molar-refractivity contribution in [2.45, 2.75) is 19.8 Å². The summed E-state index contributed by atoms with van der Waals surface area (Å²) >= 11 is 0. The first-order valence-electron chi connectivity index (χ1n) is 11.0. The van der Waals surface area contributed by atoms with E-state index in [1.54, 1.807) is 37.3 Å². The Morgan fingerprint density at radius 3 is 2.09 bits per heavy atom. The number of ketones is 2. The lowest BCUT2D eigenvalue weighted by Crippen LogP contribution is -2.36. The molecule has 0 bridgehead atoms. The molecule has 34 heavy (non-hydrogen) atoms. The number of nitrogens with zero attached hydrogens (tertiary/aromatic N) is 2. The number of Topliss-reactive ketones (excluding diaryl/α,β-unsaturated/α-hetero) is 2. The minimum absolute atomic E-state index is 0.0737. The van der Waals surface area contributed by atoms with E-state index in [1.807, 2.05) is 49.4 Å². The lowest BCUT2D eigenvalue weighted by atomic mass is 9.72. The van der Waals surface area contributed by atoms with Crippen LogP contribution in [0.3, 0.4) is 0 Å². The molecular weight excluding hydrogens is 428 g/mol. The molecule has 0 aromatic heterocycles. The molecule has 1 aliphatic heterocycles. The second-order valence-corrected chi connectivity index (χ2v) is 8.56. The molecule has 168 valence electrons. The van der Waals surface area contributed by atoms with E-state index in [2.05, 4.69) is 5.10 Å². The number of amides is 1. The molecule has 0 saturated heterocycles. The van der Waals surface area contributed by atoms with Gasteiger partial charge >= 0.3 is 0 Å². The van der Waals surface area contributed by atoms with Gasteiger partial charge in [-0.3, -0.25) is 14.4 Å². The van der Waals surface area contributed by atoms with Crippen molar-refractivity contribution in [1.82, 2.24) is 0 Å². The predicted octanol–water partition coefficient (Wildman–Crippen LogP) is 4.85. The van der Waals surface area contributed by atoms with Gasteiger partial charge in [-0.05, 0) is 31.5 Å². The highest BCUT2D eigenvalue weighted by molar-refractivity contribution is 6.52. The SMILES string of the molecule is CC1=NN(c2ccccc2)C(=O)C1C(C1=C(O)c2ccccc2C(=O)C1=O)c1ccc(C)cc1. The molecular formula is C28H22N2O4. The lowest BCUT2D eigenvalue weighted by Gasteiger charge is -2.29. The third kappa shape index (κ3) is 3.35. The minimum atomic E-state index is -0.879. The molecule has 1 aliphatic carbocycles. The maximum Gasteiger partial charge on any atom is 0.257 e. The molecule has 2 unspecified atom stereocenters. The standard InChI is InChI=1S/C28H22N2O4/c1-16-12-14-18(15-13-16)23(22-17(2)29-30(28(22)34)19-8-4-3-5-9-19)24-25(31)20-10-6-7-11-21(20)26(32)27(24)33/h3-15,22-23,31H,1-2H3. The normalized spacial score (nSPS) is 18.8. The van der Waals surface area contributed by atoms with Gasteiger partial charge in [0.15, 0.2) is 0 Å². The zero-order valence-electron chi connectivity index (χ0n) is 18.7. The summed E-state index contributed by atoms with van der Waals surface area (Å²) in [7, 11) is 0. The van der Waals surface area contributed by atoms with Gasteiger partial charge in [-0.2, -0.15) is 5.10 Å². The van der Waals surface area contributed by atoms with Crippen LogP contribution in [-0.4, -0.2) is 28.3 Å². The molecule has 1 heterocycles. The highest BCUT2D eigenvalue weighted by Crippen LogP contribution is 2.43. The van der Waals surface area contributed by atoms with Crippen LogP contribution < -0.4 is 5.01 Å². The fourth-order valence-corrected chi connectivity index (χ4v) is 4.69. The zero-order valence-corrected chi connectivity index (χ0v) is 18.7. The summed E-state index contributed by atoms with van der Waals surface area (Å²) in [4.78, 5) is 40.1. The van der Waals surface area contributed by atoms with Gasteiger partial charge in [0.2, 0.25) is 11.6 Å². The number of carbonyl (C=O) groups excluding carboxylic acids is 3. The number of hydrazone groups is 1. The molecule has 2 aliphatic rings. The maximum absolute atomic E-state index is 13.7. The summed E-state index contributed by atoms with van der Waals surface area (Å²) in [6.45, 7) is 3.67. The number of carbonyl (C=O) groups is 3. The molecule has 1 amide bonds. The number of para-hydroxylation sites is 1. The van der Waals surface area contributed by atoms with Gasteiger partial charge in [0.25, 0.3) is 5.91 Å². The Kier molecular flexibility index (Phi) is 5.21. The molecule has 1 N–H and O–H groups in total. The Bertz CT molecular complexity index is 1390. The average molecular weight is 450 g/mol. The van der Waals surface area contributed by atoms with Gasteiger partial charge < -0.3 is 5.11 Å². The van der Waals surface area contributed by atoms with Crippen LogP contribution in [0.2, 0.25) is 0 Å². The third-order valence-corrected chi connectivity index (χ3v) is 6.40. The summed E-state index contributed by atoms with van der Waals surface area (Å²) in [6.07, 6.45) is 0. The van der Waals surface area contributed by atoms with Crippen LogP contribution in [0.15, 0.2) is 89.5 Å². The predicted molar refractivity (Wildman–Crippen MR) is 130 cm³/mol. The van der Waals surface area contributed by atoms with Gasteiger partial charge in [0, 0.05) is 22.8 Å². The van der Waals surface area contributed by atoms with Crippen LogP contribution in [0.4, 0.5) is 5.69 Å². The zero-order chi connectivity index (χ0) is 24.0. The maximum atomic E-state index is 13.7. The first-order chi connectivity index (χ1) is 16.4. The quantitative estimate of drug-likeness (QED) is 0.576. The van der Waals surface area contributed by atoms with E-state index >= 15 is 0 Å². The number of hydrogen-bond donors (Lipinski definition) is 1. The molecule has 0 spiro atoms. The fraction of sp³-hybridized carbons (Fsp3) is 0.143. The number of aliphatic hydroxyl groups is 1. The second-order valence-electron chi connectivity index (χ2n) is 8.56. The van der Waals surface area contributed by atoms with Gasteiger partial charge in [0.05, 0.1) is 17.2 Å². The van der Waals surface area contributed by atoms with E-state index in [-0.39, 0.29) is 22.8 Å². The third-order valence-electron chi connectivity index (χ3n) is 6.40. The van der Waals surface area contributed by atoms with Crippen molar-refractivity contribution in [2.75, 3.05) is 5.01 Å². The number of fused-ring (bicyclic) bond motifs is 1. The van der Waals surface area contributed by atoms with Crippen molar-refractivity contribution in [3.8, 4) is 0 Å². The highest BCUT2D eigenvalue weighted by atomic mass is 16.3. The van der Waals surface area contributed by atoms with Crippen molar-refractivity contribution < 1.29 is 19.5 Å². The average Bonchev–Trinajstić information content (AvgIpc) is 3.15. The molecule has 0 fully saturated rings. The van der Waals surface area contributed by atoms with Crippen molar-refractivity contribution in [2.24, 2.45) is 11.0 Å². The number of aryl methyl sites for hydroxylation is 1. The van der Waals surface area contributed by atoms with E-state index in [0.717, 1.165) is 5.56 Å². The van der Waals surface area contributed by atoms with Crippen LogP contribution in [0.1, 0.15) is 39.9 Å². The smallest absolute Gasteiger partial charge is 0.257 e. The summed E-state index contributed by atoms with van der Waals surface area (Å²) < 4.78 is 0. The molecule has 3 aromatic carbocycles. The summed E-state index contributed by atoms with van der Waals surface area (Å²) in [5.41, 5.74) is 3.13. The topological polar surface area (TPSA) is 87.0 Å². The van der Waals surface area contributed by atoms with Crippen LogP contribution in [0, 0.1) is 12.8 Å². The van der Waals surface area contributed by atoms with E-state index in [4.69, 9.17) is 0 Å². The molecule has 0 saturated carbocycles. The Morgan fingerprint density at radius 1 is 0.794 bits per heavy atom. The van der Waals surface area contributed by atoms with Gasteiger partial charge in [-0.15, -0.1) is 0 Å². The van der Waals surface area contributed by atoms with E-state index in [0.29, 0.717) is 22.5 Å². The molecule has 6 heteroatoms. The van der Waals surface area contributed by atoms with Gasteiger partial charge in [0.1, 0.15) is 5.76 Å². The van der Waals surface area contributed by atoms with Crippen LogP contribution in [0.25, 0.3) is 5.76 Å². The highest BCUT2D eigenvalue weighted by Gasteiger charge is 2.47. The van der Waals surface area contributed by atoms with Gasteiger partial charge in [-0.1, -0.05) is 72.3 Å². The lowest BCUT2D eigenvalue weighted by molar-refractivity contribution is -0.120. The molecule has 2 atom stereocenters. The molecule has 5 rings (SSSR count). The van der Waals surface area contributed by atoms with Crippen LogP contribution in [0.5, 0.6) is 0 Å². The summed E-state index contributed by atoms with van der Waals surface area (Å²) in [5, 5.41) is 17.1. The number of hydrogen-bond acceptors (Lipinski definition) is 5. The largest absolute Gasteiger partial charge is 0.507 e. The number of aliphatic hydroxyl groups excluding tert-OH is 1. The molecule has 3 aromatic rings. The number of benzene rings is 3. The molecule has 6 nitrogen and oxygen atoms in total. The minimum Gasteiger partial charge on any atom is -0.507 e. The second kappa shape index (κ2) is 8.23. The number of allylic oxidation sites excluding steroid dienone is 1. The number of anilines is 1. The van der Waals surface area contributed by atoms with E-state index < -0.39 is 23.4 Å². The van der Waals surface area contributed by atoms with Crippen molar-refractivity contribution in [1.29, 1.82) is 0 Å². The fourth-order valence-electron chi connectivity index (χ4n) is 4.69. The Balaban J connectivity index is 1.70. The monoisotopic (exact) mass is 450 g/mol. The van der Waals surface area contributed by atoms with Crippen molar-refractivity contribution in [3.05, 3.63) is 107 Å². The molecule has 0 radical (unpaired) electrons. The van der Waals surface area contributed by atoms with Gasteiger partial charge in [-0.25, -0.2) is 5.01 Å². The van der Waals surface area contributed by atoms with Crippen molar-refractivity contribution >= 4 is 34.6 Å². The van der Waals surface area contributed by atoms with Crippen LogP contribution >= 0.6 is 0 Å². The Hall–Kier alpha value is -4.32. The van der Waals surface area contributed by atoms with Crippen molar-refractivity contribution in [3.63, 3.8) is 0 Å². The first kappa shape index (κ1) is 21.5. The van der Waals surface area contributed by atoms with E-state index in [1.165, 1.54) is 11.1 Å². The Labute approximate surface area is 196 Å². The summed E-state index contributed by atoms with van der Waals surface area (Å²) in [6, 6.07) is 22.9. The van der Waals surface area contributed by atoms with Crippen LogP contribution in [-0.2, 0) is 9.59 Å². The number of rotatable bonds is 4. The summed E-state index contributed by atoms with van der Waals surface area (Å²) in [5.74, 6) is -3.84.